The number of rotatable bonds is 8. The summed E-state index contributed by atoms with van der Waals surface area (Å²) < 4.78 is 2.39. The molecule has 1 aliphatic carbocycles. The standard InChI is InChI=1S/C32H35N3/c1-24(2)22-34(23-27-6-7-27)18-19-35-17-16-29-20-26(9-15-32(29)35)8-13-31-14-12-30(21-33-31)28-10-4-25(3)5-11-28/h4-5,9-12,14-17,20-21,24,27H,6-7,18-19,22-23H2,1-3H3. The van der Waals surface area contributed by atoms with Gasteiger partial charge in [-0.1, -0.05) is 55.7 Å². The number of hydrogen-bond donors (Lipinski definition) is 0. The topological polar surface area (TPSA) is 21.1 Å². The van der Waals surface area contributed by atoms with Crippen LogP contribution >= 0.6 is 0 Å². The van der Waals surface area contributed by atoms with Crippen molar-refractivity contribution in [3.05, 3.63) is 89.9 Å². The molecule has 35 heavy (non-hydrogen) atoms. The first kappa shape index (κ1) is 23.4. The lowest BCUT2D eigenvalue weighted by atomic mass is 10.1. The fourth-order valence-corrected chi connectivity index (χ4v) is 4.68. The van der Waals surface area contributed by atoms with Crippen LogP contribution in [0.25, 0.3) is 22.0 Å². The molecule has 2 heterocycles. The minimum absolute atomic E-state index is 0.713. The van der Waals surface area contributed by atoms with Crippen LogP contribution in [0.15, 0.2) is 73.1 Å². The molecule has 0 amide bonds. The summed E-state index contributed by atoms with van der Waals surface area (Å²) in [6, 6.07) is 21.4. The summed E-state index contributed by atoms with van der Waals surface area (Å²) in [6.07, 6.45) is 6.95. The molecule has 0 atom stereocenters. The molecule has 1 fully saturated rings. The predicted molar refractivity (Wildman–Crippen MR) is 146 cm³/mol. The second-order valence-electron chi connectivity index (χ2n) is 10.4. The Kier molecular flexibility index (Phi) is 7.02. The van der Waals surface area contributed by atoms with Crippen molar-refractivity contribution in [2.75, 3.05) is 19.6 Å². The Morgan fingerprint density at radius 1 is 0.971 bits per heavy atom. The maximum Gasteiger partial charge on any atom is 0.113 e. The van der Waals surface area contributed by atoms with Crippen molar-refractivity contribution in [2.45, 2.75) is 40.2 Å². The minimum atomic E-state index is 0.713. The molecule has 0 bridgehead atoms. The van der Waals surface area contributed by atoms with Gasteiger partial charge in [0.1, 0.15) is 5.69 Å². The molecule has 2 aromatic heterocycles. The van der Waals surface area contributed by atoms with Gasteiger partial charge in [0, 0.05) is 60.6 Å². The molecule has 0 N–H and O–H groups in total. The SMILES string of the molecule is Cc1ccc(-c2ccc(C#Cc3ccc4c(ccn4CCN(CC(C)C)CC4CC4)c3)nc2)cc1. The summed E-state index contributed by atoms with van der Waals surface area (Å²) >= 11 is 0. The van der Waals surface area contributed by atoms with E-state index in [4.69, 9.17) is 0 Å². The molecule has 0 aliphatic heterocycles. The Morgan fingerprint density at radius 3 is 2.49 bits per heavy atom. The van der Waals surface area contributed by atoms with Crippen molar-refractivity contribution in [1.29, 1.82) is 0 Å². The third-order valence-electron chi connectivity index (χ3n) is 6.75. The zero-order valence-electron chi connectivity index (χ0n) is 21.2. The summed E-state index contributed by atoms with van der Waals surface area (Å²) in [7, 11) is 0. The van der Waals surface area contributed by atoms with E-state index in [-0.39, 0.29) is 0 Å². The van der Waals surface area contributed by atoms with Crippen LogP contribution in [-0.4, -0.2) is 34.1 Å². The maximum atomic E-state index is 4.56. The van der Waals surface area contributed by atoms with E-state index in [9.17, 15) is 0 Å². The molecule has 0 radical (unpaired) electrons. The van der Waals surface area contributed by atoms with Crippen LogP contribution in [0, 0.1) is 30.6 Å². The highest BCUT2D eigenvalue weighted by atomic mass is 15.2. The molecular weight excluding hydrogens is 426 g/mol. The van der Waals surface area contributed by atoms with Gasteiger partial charge < -0.3 is 9.47 Å². The monoisotopic (exact) mass is 461 g/mol. The summed E-state index contributed by atoms with van der Waals surface area (Å²) in [4.78, 5) is 7.22. The summed E-state index contributed by atoms with van der Waals surface area (Å²) in [5.74, 6) is 8.17. The largest absolute Gasteiger partial charge is 0.346 e. The van der Waals surface area contributed by atoms with Crippen LogP contribution in [0.5, 0.6) is 0 Å². The van der Waals surface area contributed by atoms with Crippen molar-refractivity contribution < 1.29 is 0 Å². The van der Waals surface area contributed by atoms with Crippen LogP contribution in [0.4, 0.5) is 0 Å². The number of hydrogen-bond acceptors (Lipinski definition) is 2. The second kappa shape index (κ2) is 10.5. The van der Waals surface area contributed by atoms with Gasteiger partial charge in [-0.3, -0.25) is 0 Å². The van der Waals surface area contributed by atoms with Gasteiger partial charge in [-0.25, -0.2) is 4.98 Å². The third-order valence-corrected chi connectivity index (χ3v) is 6.75. The van der Waals surface area contributed by atoms with Crippen molar-refractivity contribution in [1.82, 2.24) is 14.5 Å². The predicted octanol–water partition coefficient (Wildman–Crippen LogP) is 6.78. The zero-order chi connectivity index (χ0) is 24.2. The summed E-state index contributed by atoms with van der Waals surface area (Å²) in [6.45, 7) is 11.3. The maximum absolute atomic E-state index is 4.56. The first-order valence-electron chi connectivity index (χ1n) is 12.9. The summed E-state index contributed by atoms with van der Waals surface area (Å²) in [5.41, 5.74) is 6.65. The smallest absolute Gasteiger partial charge is 0.113 e. The molecular formula is C32H35N3. The third kappa shape index (κ3) is 6.21. The van der Waals surface area contributed by atoms with Gasteiger partial charge in [-0.15, -0.1) is 0 Å². The average molecular weight is 462 g/mol. The Morgan fingerprint density at radius 2 is 1.77 bits per heavy atom. The zero-order valence-corrected chi connectivity index (χ0v) is 21.2. The van der Waals surface area contributed by atoms with Crippen molar-refractivity contribution >= 4 is 10.9 Å². The Hall–Kier alpha value is -3.35. The molecule has 3 nitrogen and oxygen atoms in total. The fraction of sp³-hybridized carbons (Fsp3) is 0.344. The quantitative estimate of drug-likeness (QED) is 0.270. The first-order chi connectivity index (χ1) is 17.0. The van der Waals surface area contributed by atoms with E-state index < -0.39 is 0 Å². The molecule has 4 aromatic rings. The van der Waals surface area contributed by atoms with E-state index in [0.717, 1.165) is 35.8 Å². The minimum Gasteiger partial charge on any atom is -0.346 e. The van der Waals surface area contributed by atoms with E-state index in [1.54, 1.807) is 0 Å². The van der Waals surface area contributed by atoms with Crippen LogP contribution < -0.4 is 0 Å². The van der Waals surface area contributed by atoms with Gasteiger partial charge in [0.25, 0.3) is 0 Å². The van der Waals surface area contributed by atoms with Gasteiger partial charge in [-0.2, -0.15) is 0 Å². The molecule has 178 valence electrons. The van der Waals surface area contributed by atoms with Crippen LogP contribution in [0.3, 0.4) is 0 Å². The molecule has 0 saturated heterocycles. The first-order valence-corrected chi connectivity index (χ1v) is 12.9. The number of nitrogens with zero attached hydrogens (tertiary/aromatic N) is 3. The van der Waals surface area contributed by atoms with Gasteiger partial charge >= 0.3 is 0 Å². The highest BCUT2D eigenvalue weighted by Gasteiger charge is 2.24. The molecule has 3 heteroatoms. The Labute approximate surface area is 209 Å². The Bertz CT molecular complexity index is 1330. The Balaban J connectivity index is 1.25. The number of aryl methyl sites for hydroxylation is 1. The highest BCUT2D eigenvalue weighted by Crippen LogP contribution is 2.30. The van der Waals surface area contributed by atoms with Crippen LogP contribution in [-0.2, 0) is 6.54 Å². The number of aromatic nitrogens is 2. The lowest BCUT2D eigenvalue weighted by Crippen LogP contribution is -2.32. The summed E-state index contributed by atoms with van der Waals surface area (Å²) in [5, 5.41) is 1.25. The van der Waals surface area contributed by atoms with Crippen molar-refractivity contribution in [3.63, 3.8) is 0 Å². The lowest BCUT2D eigenvalue weighted by molar-refractivity contribution is 0.227. The van der Waals surface area contributed by atoms with Gasteiger partial charge in [-0.05, 0) is 73.4 Å². The molecule has 2 aromatic carbocycles. The second-order valence-corrected chi connectivity index (χ2v) is 10.4. The molecule has 1 saturated carbocycles. The van der Waals surface area contributed by atoms with Crippen molar-refractivity contribution in [2.24, 2.45) is 11.8 Å². The van der Waals surface area contributed by atoms with E-state index >= 15 is 0 Å². The molecule has 0 spiro atoms. The number of fused-ring (bicyclic) bond motifs is 1. The number of benzene rings is 2. The fourth-order valence-electron chi connectivity index (χ4n) is 4.68. The van der Waals surface area contributed by atoms with E-state index in [2.05, 4.69) is 108 Å². The highest BCUT2D eigenvalue weighted by molar-refractivity contribution is 5.81. The van der Waals surface area contributed by atoms with E-state index in [1.165, 1.54) is 48.0 Å². The van der Waals surface area contributed by atoms with Crippen LogP contribution in [0.1, 0.15) is 43.5 Å². The average Bonchev–Trinajstić information content (AvgIpc) is 3.58. The lowest BCUT2D eigenvalue weighted by Gasteiger charge is -2.24. The number of pyridine rings is 1. The van der Waals surface area contributed by atoms with E-state index in [0.29, 0.717) is 5.92 Å². The molecule has 1 aliphatic rings. The normalized spacial score (nSPS) is 13.4. The van der Waals surface area contributed by atoms with Crippen molar-refractivity contribution in [3.8, 4) is 23.0 Å². The van der Waals surface area contributed by atoms with Gasteiger partial charge in [0.05, 0.1) is 0 Å². The molecule has 5 rings (SSSR count). The molecule has 0 unspecified atom stereocenters. The van der Waals surface area contributed by atoms with E-state index in [1.807, 2.05) is 12.3 Å². The van der Waals surface area contributed by atoms with Gasteiger partial charge in [0.15, 0.2) is 0 Å². The van der Waals surface area contributed by atoms with Crippen LogP contribution in [0.2, 0.25) is 0 Å². The van der Waals surface area contributed by atoms with Gasteiger partial charge in [0.2, 0.25) is 0 Å².